The first-order valence-corrected chi connectivity index (χ1v) is 7.31. The van der Waals surface area contributed by atoms with Crippen molar-refractivity contribution < 1.29 is 9.90 Å². The quantitative estimate of drug-likeness (QED) is 0.751. The van der Waals surface area contributed by atoms with Gasteiger partial charge in [0.05, 0.1) is 6.42 Å². The smallest absolute Gasteiger partial charge is 0.307 e. The highest BCUT2D eigenvalue weighted by Gasteiger charge is 2.04. The van der Waals surface area contributed by atoms with Crippen LogP contribution in [0.4, 0.5) is 11.4 Å². The number of benzene rings is 2. The van der Waals surface area contributed by atoms with E-state index < -0.39 is 5.97 Å². The van der Waals surface area contributed by atoms with Gasteiger partial charge >= 0.3 is 5.97 Å². The third-order valence-corrected chi connectivity index (χ3v) is 3.41. The van der Waals surface area contributed by atoms with Gasteiger partial charge < -0.3 is 15.7 Å². The summed E-state index contributed by atoms with van der Waals surface area (Å²) in [6.07, 6.45) is 0.0193. The van der Waals surface area contributed by atoms with E-state index in [1.807, 2.05) is 38.1 Å². The Kier molecular flexibility index (Phi) is 5.12. The summed E-state index contributed by atoms with van der Waals surface area (Å²) in [5.41, 5.74) is 4.82. The first-order chi connectivity index (χ1) is 10.4. The molecule has 2 aromatic carbocycles. The van der Waals surface area contributed by atoms with Gasteiger partial charge in [0.25, 0.3) is 0 Å². The van der Waals surface area contributed by atoms with E-state index in [9.17, 15) is 4.79 Å². The van der Waals surface area contributed by atoms with Crippen LogP contribution in [0.15, 0.2) is 42.5 Å². The van der Waals surface area contributed by atoms with Gasteiger partial charge in [-0.2, -0.15) is 0 Å². The molecule has 22 heavy (non-hydrogen) atoms. The van der Waals surface area contributed by atoms with Crippen LogP contribution in [0.5, 0.6) is 0 Å². The van der Waals surface area contributed by atoms with E-state index in [4.69, 9.17) is 17.3 Å². The van der Waals surface area contributed by atoms with Crippen LogP contribution in [0.25, 0.3) is 0 Å². The number of thiocarbonyl (C=S) groups is 1. The fourth-order valence-electron chi connectivity index (χ4n) is 2.04. The number of carboxylic acid groups (broad SMARTS) is 1. The fourth-order valence-corrected chi connectivity index (χ4v) is 2.26. The Balaban J connectivity index is 1.99. The maximum absolute atomic E-state index is 10.6. The SMILES string of the molecule is Cc1ccc(C)c(NC(=S)Nc2ccc(CC(=O)O)cc2)c1. The van der Waals surface area contributed by atoms with Gasteiger partial charge in [0.1, 0.15) is 0 Å². The van der Waals surface area contributed by atoms with Crippen molar-refractivity contribution in [3.8, 4) is 0 Å². The van der Waals surface area contributed by atoms with Gasteiger partial charge in [0, 0.05) is 11.4 Å². The number of carboxylic acids is 1. The Morgan fingerprint density at radius 2 is 1.77 bits per heavy atom. The summed E-state index contributed by atoms with van der Waals surface area (Å²) < 4.78 is 0. The first kappa shape index (κ1) is 16.0. The second-order valence-electron chi connectivity index (χ2n) is 5.16. The average molecular weight is 314 g/mol. The van der Waals surface area contributed by atoms with Crippen molar-refractivity contribution in [2.75, 3.05) is 10.6 Å². The molecule has 114 valence electrons. The number of hydrogen-bond acceptors (Lipinski definition) is 2. The zero-order valence-electron chi connectivity index (χ0n) is 12.5. The molecule has 0 heterocycles. The second-order valence-corrected chi connectivity index (χ2v) is 5.57. The molecule has 0 amide bonds. The van der Waals surface area contributed by atoms with Gasteiger partial charge in [-0.25, -0.2) is 0 Å². The van der Waals surface area contributed by atoms with Gasteiger partial charge in [-0.1, -0.05) is 24.3 Å². The van der Waals surface area contributed by atoms with Crippen LogP contribution >= 0.6 is 12.2 Å². The van der Waals surface area contributed by atoms with Crippen molar-refractivity contribution in [1.29, 1.82) is 0 Å². The normalized spacial score (nSPS) is 10.1. The van der Waals surface area contributed by atoms with Crippen molar-refractivity contribution in [2.24, 2.45) is 0 Å². The molecule has 0 unspecified atom stereocenters. The van der Waals surface area contributed by atoms with E-state index in [0.717, 1.165) is 28.1 Å². The highest BCUT2D eigenvalue weighted by Crippen LogP contribution is 2.17. The van der Waals surface area contributed by atoms with Crippen molar-refractivity contribution in [3.05, 3.63) is 59.2 Å². The molecule has 5 heteroatoms. The predicted octanol–water partition coefficient (Wildman–Crippen LogP) is 3.74. The summed E-state index contributed by atoms with van der Waals surface area (Å²) in [5, 5.41) is 15.5. The number of aliphatic carboxylic acids is 1. The Hall–Kier alpha value is -2.40. The van der Waals surface area contributed by atoms with E-state index in [2.05, 4.69) is 16.7 Å². The van der Waals surface area contributed by atoms with Gasteiger partial charge in [0.15, 0.2) is 5.11 Å². The summed E-state index contributed by atoms with van der Waals surface area (Å²) >= 11 is 5.31. The molecule has 0 aliphatic carbocycles. The number of hydrogen-bond donors (Lipinski definition) is 3. The Labute approximate surface area is 135 Å². The van der Waals surface area contributed by atoms with Crippen LogP contribution in [-0.2, 0) is 11.2 Å². The Morgan fingerprint density at radius 3 is 2.41 bits per heavy atom. The molecule has 0 aromatic heterocycles. The standard InChI is InChI=1S/C17H18N2O2S/c1-11-3-4-12(2)15(9-11)19-17(22)18-14-7-5-13(6-8-14)10-16(20)21/h3-9H,10H2,1-2H3,(H,20,21)(H2,18,19,22). The van der Waals surface area contributed by atoms with Crippen LogP contribution in [0, 0.1) is 13.8 Å². The summed E-state index contributed by atoms with van der Waals surface area (Å²) in [4.78, 5) is 10.6. The lowest BCUT2D eigenvalue weighted by atomic mass is 10.1. The van der Waals surface area contributed by atoms with E-state index in [-0.39, 0.29) is 6.42 Å². The Bertz CT molecular complexity index is 696. The van der Waals surface area contributed by atoms with Gasteiger partial charge in [-0.15, -0.1) is 0 Å². The third-order valence-electron chi connectivity index (χ3n) is 3.21. The molecule has 3 N–H and O–H groups in total. The minimum absolute atomic E-state index is 0.0193. The molecular weight excluding hydrogens is 296 g/mol. The van der Waals surface area contributed by atoms with Crippen molar-refractivity contribution >= 4 is 34.7 Å². The number of rotatable bonds is 4. The van der Waals surface area contributed by atoms with E-state index in [0.29, 0.717) is 5.11 Å². The van der Waals surface area contributed by atoms with Crippen LogP contribution in [-0.4, -0.2) is 16.2 Å². The molecule has 2 aromatic rings. The lowest BCUT2D eigenvalue weighted by Gasteiger charge is -2.13. The highest BCUT2D eigenvalue weighted by molar-refractivity contribution is 7.80. The number of nitrogens with one attached hydrogen (secondary N) is 2. The minimum Gasteiger partial charge on any atom is -0.481 e. The van der Waals surface area contributed by atoms with Crippen molar-refractivity contribution in [2.45, 2.75) is 20.3 Å². The first-order valence-electron chi connectivity index (χ1n) is 6.90. The maximum Gasteiger partial charge on any atom is 0.307 e. The van der Waals surface area contributed by atoms with Gasteiger partial charge in [0.2, 0.25) is 0 Å². The molecule has 0 saturated heterocycles. The molecular formula is C17H18N2O2S. The van der Waals surface area contributed by atoms with Crippen molar-refractivity contribution in [1.82, 2.24) is 0 Å². The monoisotopic (exact) mass is 314 g/mol. The zero-order valence-corrected chi connectivity index (χ0v) is 13.3. The molecule has 0 atom stereocenters. The molecule has 0 aliphatic heterocycles. The van der Waals surface area contributed by atoms with Crippen molar-refractivity contribution in [3.63, 3.8) is 0 Å². The third kappa shape index (κ3) is 4.56. The summed E-state index contributed by atoms with van der Waals surface area (Å²) in [5.74, 6) is -0.840. The molecule has 0 bridgehead atoms. The van der Waals surface area contributed by atoms with Crippen LogP contribution in [0.1, 0.15) is 16.7 Å². The molecule has 0 spiro atoms. The van der Waals surface area contributed by atoms with E-state index in [1.165, 1.54) is 0 Å². The molecule has 0 saturated carbocycles. The summed E-state index contributed by atoms with van der Waals surface area (Å²) in [6.45, 7) is 4.05. The molecule has 4 nitrogen and oxygen atoms in total. The molecule has 2 rings (SSSR count). The summed E-state index contributed by atoms with van der Waals surface area (Å²) in [7, 11) is 0. The van der Waals surface area contributed by atoms with Gasteiger partial charge in [-0.05, 0) is 61.0 Å². The summed E-state index contributed by atoms with van der Waals surface area (Å²) in [6, 6.07) is 13.3. The molecule has 0 radical (unpaired) electrons. The molecule has 0 aliphatic rings. The van der Waals surface area contributed by atoms with Crippen LogP contribution in [0.3, 0.4) is 0 Å². The Morgan fingerprint density at radius 1 is 1.09 bits per heavy atom. The number of anilines is 2. The number of carbonyl (C=O) groups is 1. The van der Waals surface area contributed by atoms with Gasteiger partial charge in [-0.3, -0.25) is 4.79 Å². The van der Waals surface area contributed by atoms with Crippen LogP contribution < -0.4 is 10.6 Å². The topological polar surface area (TPSA) is 61.4 Å². The van der Waals surface area contributed by atoms with E-state index in [1.54, 1.807) is 12.1 Å². The lowest BCUT2D eigenvalue weighted by Crippen LogP contribution is -2.19. The highest BCUT2D eigenvalue weighted by atomic mass is 32.1. The van der Waals surface area contributed by atoms with E-state index >= 15 is 0 Å². The maximum atomic E-state index is 10.6. The largest absolute Gasteiger partial charge is 0.481 e. The predicted molar refractivity (Wildman–Crippen MR) is 93.5 cm³/mol. The second kappa shape index (κ2) is 7.04. The number of aryl methyl sites for hydroxylation is 2. The zero-order chi connectivity index (χ0) is 16.1. The minimum atomic E-state index is -0.840. The average Bonchev–Trinajstić information content (AvgIpc) is 2.44. The lowest BCUT2D eigenvalue weighted by molar-refractivity contribution is -0.136. The molecule has 0 fully saturated rings. The van der Waals surface area contributed by atoms with Crippen LogP contribution in [0.2, 0.25) is 0 Å². The fraction of sp³-hybridized carbons (Fsp3) is 0.176.